The molecule has 1 atom stereocenters. The second kappa shape index (κ2) is 10.9. The summed E-state index contributed by atoms with van der Waals surface area (Å²) in [6, 6.07) is 0.755. The van der Waals surface area contributed by atoms with Crippen molar-refractivity contribution in [3.8, 4) is 0 Å². The molecule has 0 radical (unpaired) electrons. The van der Waals surface area contributed by atoms with Crippen LogP contribution in [-0.2, 0) is 0 Å². The molecule has 0 rings (SSSR count). The van der Waals surface area contributed by atoms with Crippen molar-refractivity contribution in [3.63, 3.8) is 0 Å². The summed E-state index contributed by atoms with van der Waals surface area (Å²) in [6.07, 6.45) is 6.34. The van der Waals surface area contributed by atoms with Gasteiger partial charge in [-0.1, -0.05) is 18.6 Å². The zero-order valence-electron chi connectivity index (χ0n) is 14.3. The van der Waals surface area contributed by atoms with E-state index in [1.165, 1.54) is 49.0 Å². The van der Waals surface area contributed by atoms with Crippen molar-refractivity contribution in [2.75, 3.05) is 19.6 Å². The van der Waals surface area contributed by atoms with Gasteiger partial charge in [-0.2, -0.15) is 0 Å². The summed E-state index contributed by atoms with van der Waals surface area (Å²) in [4.78, 5) is 0. The quantitative estimate of drug-likeness (QED) is 0.447. The summed E-state index contributed by atoms with van der Waals surface area (Å²) in [5.74, 6) is 0.856. The van der Waals surface area contributed by atoms with Crippen LogP contribution in [0.4, 0.5) is 0 Å². The Morgan fingerprint density at radius 2 is 1.53 bits per heavy atom. The van der Waals surface area contributed by atoms with Gasteiger partial charge in [-0.05, 0) is 66.7 Å². The molecule has 0 aliphatic heterocycles. The highest BCUT2D eigenvalue weighted by molar-refractivity contribution is 4.92. The van der Waals surface area contributed by atoms with Crippen molar-refractivity contribution in [1.29, 1.82) is 0 Å². The number of rotatable bonds is 9. The van der Waals surface area contributed by atoms with Gasteiger partial charge in [0.2, 0.25) is 0 Å². The molecule has 19 heavy (non-hydrogen) atoms. The lowest BCUT2D eigenvalue weighted by Gasteiger charge is -2.41. The highest BCUT2D eigenvalue weighted by Crippen LogP contribution is 2.19. The van der Waals surface area contributed by atoms with Gasteiger partial charge < -0.3 is 21.5 Å². The number of allylic oxidation sites excluding steroid dienone is 2. The summed E-state index contributed by atoms with van der Waals surface area (Å²) in [7, 11) is 0. The fourth-order valence-electron chi connectivity index (χ4n) is 2.81. The summed E-state index contributed by atoms with van der Waals surface area (Å²) >= 11 is 0. The van der Waals surface area contributed by atoms with Gasteiger partial charge >= 0.3 is 0 Å². The fraction of sp³-hybridized carbons (Fsp3) is 0.882. The minimum Gasteiger partial charge on any atom is -1.00 e. The SMILES string of the molecule is CC[N+](CC)(CC[C@@H](C)CCC=C(C)C)C(C)C.[Br-]. The molecule has 0 bridgehead atoms. The van der Waals surface area contributed by atoms with E-state index in [9.17, 15) is 0 Å². The molecule has 0 heterocycles. The van der Waals surface area contributed by atoms with Crippen LogP contribution >= 0.6 is 0 Å². The molecule has 0 amide bonds. The lowest BCUT2D eigenvalue weighted by molar-refractivity contribution is -0.945. The Bertz CT molecular complexity index is 238. The van der Waals surface area contributed by atoms with E-state index in [0.717, 1.165) is 12.0 Å². The van der Waals surface area contributed by atoms with Gasteiger partial charge in [-0.3, -0.25) is 0 Å². The zero-order chi connectivity index (χ0) is 14.2. The van der Waals surface area contributed by atoms with Crippen LogP contribution in [0.2, 0.25) is 0 Å². The molecule has 0 saturated carbocycles. The van der Waals surface area contributed by atoms with Crippen LogP contribution in [0.3, 0.4) is 0 Å². The maximum Gasteiger partial charge on any atom is 0.0833 e. The van der Waals surface area contributed by atoms with E-state index >= 15 is 0 Å². The van der Waals surface area contributed by atoms with Gasteiger partial charge in [0.15, 0.2) is 0 Å². The maximum absolute atomic E-state index is 2.42. The van der Waals surface area contributed by atoms with Gasteiger partial charge in [-0.15, -0.1) is 0 Å². The van der Waals surface area contributed by atoms with E-state index in [4.69, 9.17) is 0 Å². The van der Waals surface area contributed by atoms with Crippen LogP contribution < -0.4 is 17.0 Å². The molecule has 0 fully saturated rings. The Morgan fingerprint density at radius 3 is 1.89 bits per heavy atom. The lowest BCUT2D eigenvalue weighted by Crippen LogP contribution is -3.00. The Balaban J connectivity index is 0. The average molecular weight is 334 g/mol. The van der Waals surface area contributed by atoms with E-state index < -0.39 is 0 Å². The average Bonchev–Trinajstić information content (AvgIpc) is 2.30. The molecule has 0 saturated heterocycles. The van der Waals surface area contributed by atoms with Crippen molar-refractivity contribution < 1.29 is 21.5 Å². The van der Waals surface area contributed by atoms with E-state index in [1.807, 2.05) is 0 Å². The first-order valence-electron chi connectivity index (χ1n) is 7.87. The van der Waals surface area contributed by atoms with Crippen LogP contribution in [0, 0.1) is 5.92 Å². The maximum atomic E-state index is 2.42. The molecule has 0 unspecified atom stereocenters. The minimum atomic E-state index is 0. The van der Waals surface area contributed by atoms with Gasteiger partial charge in [-0.25, -0.2) is 0 Å². The molecule has 0 aliphatic rings. The molecule has 0 aromatic rings. The van der Waals surface area contributed by atoms with E-state index in [1.54, 1.807) is 0 Å². The van der Waals surface area contributed by atoms with Crippen LogP contribution in [0.5, 0.6) is 0 Å². The highest BCUT2D eigenvalue weighted by Gasteiger charge is 2.27. The lowest BCUT2D eigenvalue weighted by atomic mass is 9.99. The van der Waals surface area contributed by atoms with Gasteiger partial charge in [0.05, 0.1) is 25.7 Å². The first-order chi connectivity index (χ1) is 8.38. The van der Waals surface area contributed by atoms with E-state index in [0.29, 0.717) is 0 Å². The third-order valence-corrected chi connectivity index (χ3v) is 4.63. The smallest absolute Gasteiger partial charge is 0.0833 e. The molecule has 2 heteroatoms. The Labute approximate surface area is 132 Å². The minimum absolute atomic E-state index is 0. The van der Waals surface area contributed by atoms with Crippen molar-refractivity contribution in [2.24, 2.45) is 5.92 Å². The standard InChI is InChI=1S/C17H36N.BrH/c1-8-18(9-2,16(5)6)14-13-17(7)12-10-11-15(3)4;/h11,16-17H,8-10,12-14H2,1-7H3;1H/q+1;/p-1/t17-;/m0./s1. The van der Waals surface area contributed by atoms with E-state index in [-0.39, 0.29) is 17.0 Å². The van der Waals surface area contributed by atoms with Crippen molar-refractivity contribution in [3.05, 3.63) is 11.6 Å². The first kappa shape index (κ1) is 21.5. The molecular weight excluding hydrogens is 298 g/mol. The van der Waals surface area contributed by atoms with E-state index in [2.05, 4.69) is 54.5 Å². The zero-order valence-corrected chi connectivity index (χ0v) is 15.9. The van der Waals surface area contributed by atoms with Crippen LogP contribution in [-0.4, -0.2) is 30.2 Å². The predicted molar refractivity (Wildman–Crippen MR) is 83.8 cm³/mol. The molecule has 0 aliphatic carbocycles. The molecule has 116 valence electrons. The van der Waals surface area contributed by atoms with Gasteiger partial charge in [0.25, 0.3) is 0 Å². The highest BCUT2D eigenvalue weighted by atomic mass is 79.9. The number of hydrogen-bond acceptors (Lipinski definition) is 0. The first-order valence-corrected chi connectivity index (χ1v) is 7.87. The molecule has 0 aromatic carbocycles. The molecular formula is C17H36BrN. The summed E-state index contributed by atoms with van der Waals surface area (Å²) in [5.41, 5.74) is 1.46. The summed E-state index contributed by atoms with van der Waals surface area (Å²) in [6.45, 7) is 20.1. The number of halogens is 1. The predicted octanol–water partition coefficient (Wildman–Crippen LogP) is 2.03. The normalized spacial score (nSPS) is 13.1. The number of quaternary nitrogens is 1. The summed E-state index contributed by atoms with van der Waals surface area (Å²) < 4.78 is 1.28. The van der Waals surface area contributed by atoms with Crippen molar-refractivity contribution >= 4 is 0 Å². The van der Waals surface area contributed by atoms with Gasteiger partial charge in [0, 0.05) is 0 Å². The molecule has 0 spiro atoms. The largest absolute Gasteiger partial charge is 1.00 e. The molecule has 0 aromatic heterocycles. The molecule has 1 nitrogen and oxygen atoms in total. The van der Waals surface area contributed by atoms with Gasteiger partial charge in [0.1, 0.15) is 0 Å². The topological polar surface area (TPSA) is 0 Å². The van der Waals surface area contributed by atoms with Crippen LogP contribution in [0.1, 0.15) is 67.7 Å². The summed E-state index contributed by atoms with van der Waals surface area (Å²) in [5, 5.41) is 0. The second-order valence-electron chi connectivity index (χ2n) is 6.42. The van der Waals surface area contributed by atoms with Crippen LogP contribution in [0.25, 0.3) is 0 Å². The molecule has 0 N–H and O–H groups in total. The Morgan fingerprint density at radius 1 is 1.00 bits per heavy atom. The van der Waals surface area contributed by atoms with Crippen molar-refractivity contribution in [2.45, 2.75) is 73.8 Å². The Kier molecular flexibility index (Phi) is 12.3. The van der Waals surface area contributed by atoms with Crippen LogP contribution in [0.15, 0.2) is 11.6 Å². The fourth-order valence-corrected chi connectivity index (χ4v) is 2.81. The monoisotopic (exact) mass is 333 g/mol. The van der Waals surface area contributed by atoms with Crippen molar-refractivity contribution in [1.82, 2.24) is 0 Å². The number of nitrogens with zero attached hydrogens (tertiary/aromatic N) is 1. The Hall–Kier alpha value is 0.180. The number of hydrogen-bond donors (Lipinski definition) is 0. The third kappa shape index (κ3) is 8.14. The second-order valence-corrected chi connectivity index (χ2v) is 6.42. The third-order valence-electron chi connectivity index (χ3n) is 4.63.